The molecule has 0 bridgehead atoms. The summed E-state index contributed by atoms with van der Waals surface area (Å²) in [5.74, 6) is 0.963. The molecule has 3 aromatic rings. The predicted molar refractivity (Wildman–Crippen MR) is 115 cm³/mol. The molecule has 0 amide bonds. The van der Waals surface area contributed by atoms with Crippen LogP contribution in [0.5, 0.6) is 5.75 Å². The zero-order valence-electron chi connectivity index (χ0n) is 16.5. The van der Waals surface area contributed by atoms with E-state index in [1.165, 1.54) is 32.7 Å². The Morgan fingerprint density at radius 2 is 1.75 bits per heavy atom. The van der Waals surface area contributed by atoms with Gasteiger partial charge in [-0.05, 0) is 64.8 Å². The molecular weight excluding hydrogens is 348 g/mol. The van der Waals surface area contributed by atoms with Crippen LogP contribution in [-0.4, -0.2) is 26.9 Å². The summed E-state index contributed by atoms with van der Waals surface area (Å²) in [7, 11) is 3.57. The number of benzene rings is 3. The molecule has 1 aliphatic heterocycles. The van der Waals surface area contributed by atoms with Crippen molar-refractivity contribution >= 4 is 21.5 Å². The van der Waals surface area contributed by atoms with Gasteiger partial charge in [-0.1, -0.05) is 42.5 Å². The zero-order chi connectivity index (χ0) is 19.3. The van der Waals surface area contributed by atoms with E-state index in [9.17, 15) is 0 Å². The van der Waals surface area contributed by atoms with Crippen LogP contribution in [0.3, 0.4) is 0 Å². The smallest absolute Gasteiger partial charge is 0.127 e. The summed E-state index contributed by atoms with van der Waals surface area (Å²) in [6.07, 6.45) is 11.0. The first-order chi connectivity index (χ1) is 13.8. The Labute approximate surface area is 166 Å². The molecule has 0 spiro atoms. The topological polar surface area (TPSA) is 27.7 Å². The normalized spacial score (nSPS) is 17.6. The summed E-state index contributed by atoms with van der Waals surface area (Å²) in [5, 5.41) is 5.12. The van der Waals surface area contributed by atoms with Crippen LogP contribution in [0.4, 0.5) is 0 Å². The monoisotopic (exact) mass is 374 g/mol. The van der Waals surface area contributed by atoms with Crippen LogP contribution in [0.15, 0.2) is 67.0 Å². The van der Waals surface area contributed by atoms with Crippen molar-refractivity contribution < 1.29 is 14.2 Å². The third-order valence-corrected chi connectivity index (χ3v) is 5.54. The fourth-order valence-corrected chi connectivity index (χ4v) is 4.11. The minimum absolute atomic E-state index is 0.354. The molecule has 0 saturated carbocycles. The average Bonchev–Trinajstić information content (AvgIpc) is 2.79. The van der Waals surface area contributed by atoms with E-state index in [1.54, 1.807) is 13.4 Å². The van der Waals surface area contributed by atoms with Gasteiger partial charge in [-0.2, -0.15) is 0 Å². The van der Waals surface area contributed by atoms with Crippen LogP contribution < -0.4 is 4.74 Å². The molecule has 1 unspecified atom stereocenters. The Bertz CT molecular complexity index is 1020. The van der Waals surface area contributed by atoms with E-state index >= 15 is 0 Å². The zero-order valence-corrected chi connectivity index (χ0v) is 16.5. The van der Waals surface area contributed by atoms with Crippen molar-refractivity contribution in [3.8, 4) is 5.75 Å². The highest BCUT2D eigenvalue weighted by molar-refractivity contribution is 6.11. The van der Waals surface area contributed by atoms with E-state index in [1.807, 2.05) is 25.3 Å². The van der Waals surface area contributed by atoms with Gasteiger partial charge in [-0.15, -0.1) is 0 Å². The molecule has 0 radical (unpaired) electrons. The van der Waals surface area contributed by atoms with Gasteiger partial charge >= 0.3 is 0 Å². The molecule has 0 saturated heterocycles. The van der Waals surface area contributed by atoms with Crippen LogP contribution in [0.25, 0.3) is 21.5 Å². The van der Waals surface area contributed by atoms with E-state index in [-0.39, 0.29) is 0 Å². The first-order valence-electron chi connectivity index (χ1n) is 9.78. The number of allylic oxidation sites excluding steroid dienone is 2. The minimum atomic E-state index is 0.354. The summed E-state index contributed by atoms with van der Waals surface area (Å²) >= 11 is 0. The third kappa shape index (κ3) is 3.63. The van der Waals surface area contributed by atoms with Crippen molar-refractivity contribution in [1.82, 2.24) is 0 Å². The van der Waals surface area contributed by atoms with Gasteiger partial charge in [0, 0.05) is 12.5 Å². The van der Waals surface area contributed by atoms with Gasteiger partial charge < -0.3 is 14.2 Å². The lowest BCUT2D eigenvalue weighted by Crippen LogP contribution is -2.21. The quantitative estimate of drug-likeness (QED) is 0.547. The van der Waals surface area contributed by atoms with Gasteiger partial charge in [-0.3, -0.25) is 0 Å². The fraction of sp³-hybridized carbons (Fsp3) is 0.280. The summed E-state index contributed by atoms with van der Waals surface area (Å²) in [6.45, 7) is 0.733. The van der Waals surface area contributed by atoms with Gasteiger partial charge in [0.15, 0.2) is 0 Å². The largest absolute Gasteiger partial charge is 0.497 e. The highest BCUT2D eigenvalue weighted by Gasteiger charge is 2.21. The van der Waals surface area contributed by atoms with Gasteiger partial charge in [0.05, 0.1) is 19.5 Å². The van der Waals surface area contributed by atoms with E-state index in [2.05, 4.69) is 42.5 Å². The molecule has 0 N–H and O–H groups in total. The Hall–Kier alpha value is -2.78. The molecule has 144 valence electrons. The SMILES string of the molecule is C1=CCOC=C1.COc1cc2c3c(ccc2c2ccccc12)CC(OC)CC3. The van der Waals surface area contributed by atoms with E-state index in [0.29, 0.717) is 6.10 Å². The molecule has 3 heteroatoms. The summed E-state index contributed by atoms with van der Waals surface area (Å²) < 4.78 is 16.0. The van der Waals surface area contributed by atoms with Crippen molar-refractivity contribution in [3.05, 3.63) is 78.1 Å². The maximum atomic E-state index is 5.64. The fourth-order valence-electron chi connectivity index (χ4n) is 4.11. The molecule has 1 heterocycles. The number of rotatable bonds is 2. The molecule has 3 nitrogen and oxygen atoms in total. The number of fused-ring (bicyclic) bond motifs is 5. The van der Waals surface area contributed by atoms with Gasteiger partial charge in [0.2, 0.25) is 0 Å². The minimum Gasteiger partial charge on any atom is -0.497 e. The Balaban J connectivity index is 0.000000275. The number of methoxy groups -OCH3 is 2. The third-order valence-electron chi connectivity index (χ3n) is 5.54. The van der Waals surface area contributed by atoms with Crippen LogP contribution in [0.1, 0.15) is 17.5 Å². The second-order valence-electron chi connectivity index (χ2n) is 7.11. The molecule has 1 atom stereocenters. The average molecular weight is 374 g/mol. The van der Waals surface area contributed by atoms with Gasteiger partial charge in [0.25, 0.3) is 0 Å². The van der Waals surface area contributed by atoms with Crippen molar-refractivity contribution in [2.24, 2.45) is 0 Å². The number of ether oxygens (including phenoxy) is 3. The number of hydrogen-bond donors (Lipinski definition) is 0. The van der Waals surface area contributed by atoms with Crippen LogP contribution >= 0.6 is 0 Å². The lowest BCUT2D eigenvalue weighted by atomic mass is 9.85. The van der Waals surface area contributed by atoms with Crippen molar-refractivity contribution in [1.29, 1.82) is 0 Å². The summed E-state index contributed by atoms with van der Waals surface area (Å²) in [4.78, 5) is 0. The Morgan fingerprint density at radius 3 is 2.39 bits per heavy atom. The van der Waals surface area contributed by atoms with Crippen LogP contribution in [-0.2, 0) is 22.3 Å². The molecule has 0 aromatic heterocycles. The highest BCUT2D eigenvalue weighted by atomic mass is 16.5. The maximum Gasteiger partial charge on any atom is 0.127 e. The Morgan fingerprint density at radius 1 is 0.929 bits per heavy atom. The lowest BCUT2D eigenvalue weighted by molar-refractivity contribution is 0.0913. The molecule has 2 aliphatic rings. The van der Waals surface area contributed by atoms with E-state index < -0.39 is 0 Å². The molecule has 5 rings (SSSR count). The number of aryl methyl sites for hydroxylation is 1. The second-order valence-corrected chi connectivity index (χ2v) is 7.11. The van der Waals surface area contributed by atoms with Gasteiger partial charge in [-0.25, -0.2) is 0 Å². The number of hydrogen-bond acceptors (Lipinski definition) is 3. The molecule has 0 fully saturated rings. The Kier molecular flexibility index (Phi) is 5.63. The lowest BCUT2D eigenvalue weighted by Gasteiger charge is -2.25. The first kappa shape index (κ1) is 18.6. The van der Waals surface area contributed by atoms with Crippen LogP contribution in [0.2, 0.25) is 0 Å². The predicted octanol–water partition coefficient (Wildman–Crippen LogP) is 5.59. The molecular formula is C25H26O3. The standard InChI is InChI=1S/C20H20O2.C5H6O/c1-21-14-8-10-15-13(11-14)7-9-17-16-5-3-4-6-18(16)20(22-2)12-19(15)17;1-2-4-6-5-3-1/h3-7,9,12,14H,8,10-11H2,1-2H3;1-4H,5H2. The first-order valence-corrected chi connectivity index (χ1v) is 9.78. The molecule has 28 heavy (non-hydrogen) atoms. The second kappa shape index (κ2) is 8.49. The van der Waals surface area contributed by atoms with E-state index in [4.69, 9.17) is 14.2 Å². The van der Waals surface area contributed by atoms with Crippen molar-refractivity contribution in [2.45, 2.75) is 25.4 Å². The summed E-state index contributed by atoms with van der Waals surface area (Å²) in [6, 6.07) is 15.2. The highest BCUT2D eigenvalue weighted by Crippen LogP contribution is 2.38. The molecule has 3 aromatic carbocycles. The van der Waals surface area contributed by atoms with Crippen molar-refractivity contribution in [2.75, 3.05) is 20.8 Å². The van der Waals surface area contributed by atoms with Gasteiger partial charge in [0.1, 0.15) is 12.4 Å². The van der Waals surface area contributed by atoms with Crippen molar-refractivity contribution in [3.63, 3.8) is 0 Å². The maximum absolute atomic E-state index is 5.64. The van der Waals surface area contributed by atoms with E-state index in [0.717, 1.165) is 31.6 Å². The summed E-state index contributed by atoms with van der Waals surface area (Å²) in [5.41, 5.74) is 2.89. The molecule has 1 aliphatic carbocycles. The van der Waals surface area contributed by atoms with Crippen LogP contribution in [0, 0.1) is 0 Å².